The molecule has 0 atom stereocenters. The zero-order valence-electron chi connectivity index (χ0n) is 9.04. The molecule has 0 saturated heterocycles. The van der Waals surface area contributed by atoms with Gasteiger partial charge in [-0.1, -0.05) is 23.8 Å². The average Bonchev–Trinajstić information content (AvgIpc) is 2.26. The lowest BCUT2D eigenvalue weighted by molar-refractivity contribution is 0.405. The van der Waals surface area contributed by atoms with Crippen molar-refractivity contribution in [2.45, 2.75) is 0 Å². The van der Waals surface area contributed by atoms with Crippen LogP contribution in [-0.4, -0.2) is 25.8 Å². The number of ether oxygens (including phenoxy) is 2. The normalized spacial score (nSPS) is 9.69. The Morgan fingerprint density at radius 1 is 1.38 bits per heavy atom. The molecule has 0 aliphatic carbocycles. The van der Waals surface area contributed by atoms with Crippen molar-refractivity contribution in [3.05, 3.63) is 17.2 Å². The molecule has 0 bridgehead atoms. The van der Waals surface area contributed by atoms with E-state index in [9.17, 15) is 0 Å². The molecule has 16 heavy (non-hydrogen) atoms. The molecule has 0 amide bonds. The second-order valence-corrected chi connectivity index (χ2v) is 3.94. The topological polar surface area (TPSA) is 56.5 Å². The minimum absolute atomic E-state index is 0.371. The van der Waals surface area contributed by atoms with Crippen molar-refractivity contribution in [3.8, 4) is 11.5 Å². The number of benzene rings is 1. The monoisotopic (exact) mass is 260 g/mol. The summed E-state index contributed by atoms with van der Waals surface area (Å²) in [4.78, 5) is 0.371. The number of rotatable bonds is 5. The summed E-state index contributed by atoms with van der Waals surface area (Å²) < 4.78 is 10.3. The molecular formula is C10H13ClN2O2S. The summed E-state index contributed by atoms with van der Waals surface area (Å²) in [6.07, 6.45) is 0. The van der Waals surface area contributed by atoms with Crippen LogP contribution in [0.15, 0.2) is 12.1 Å². The Bertz CT molecular complexity index is 399. The van der Waals surface area contributed by atoms with Gasteiger partial charge in [-0.05, 0) is 0 Å². The van der Waals surface area contributed by atoms with Crippen LogP contribution in [0.4, 0.5) is 5.69 Å². The third kappa shape index (κ3) is 3.15. The van der Waals surface area contributed by atoms with E-state index in [4.69, 9.17) is 39.0 Å². The van der Waals surface area contributed by atoms with E-state index >= 15 is 0 Å². The van der Waals surface area contributed by atoms with Gasteiger partial charge in [-0.2, -0.15) is 0 Å². The van der Waals surface area contributed by atoms with Crippen LogP contribution in [0.1, 0.15) is 0 Å². The van der Waals surface area contributed by atoms with Gasteiger partial charge in [-0.15, -0.1) is 0 Å². The number of thiocarbonyl (C=S) groups is 1. The van der Waals surface area contributed by atoms with E-state index in [2.05, 4.69) is 5.32 Å². The van der Waals surface area contributed by atoms with Gasteiger partial charge in [0.15, 0.2) is 0 Å². The maximum atomic E-state index is 5.96. The lowest BCUT2D eigenvalue weighted by Crippen LogP contribution is -2.20. The lowest BCUT2D eigenvalue weighted by atomic mass is 10.2. The fourth-order valence-electron chi connectivity index (χ4n) is 1.18. The molecule has 0 spiro atoms. The summed E-state index contributed by atoms with van der Waals surface area (Å²) in [5, 5.41) is 3.52. The molecule has 88 valence electrons. The minimum Gasteiger partial charge on any atom is -0.495 e. The molecule has 0 saturated carbocycles. The molecule has 0 heterocycles. The summed E-state index contributed by atoms with van der Waals surface area (Å²) in [7, 11) is 3.11. The first-order chi connectivity index (χ1) is 7.58. The van der Waals surface area contributed by atoms with E-state index in [1.807, 2.05) is 0 Å². The zero-order valence-corrected chi connectivity index (χ0v) is 10.6. The molecule has 1 rings (SSSR count). The van der Waals surface area contributed by atoms with Gasteiger partial charge in [-0.3, -0.25) is 0 Å². The van der Waals surface area contributed by atoms with Gasteiger partial charge in [0, 0.05) is 12.1 Å². The maximum absolute atomic E-state index is 5.96. The Morgan fingerprint density at radius 3 is 2.50 bits per heavy atom. The number of nitrogens with one attached hydrogen (secondary N) is 1. The van der Waals surface area contributed by atoms with Crippen LogP contribution in [0, 0.1) is 0 Å². The molecule has 0 fully saturated rings. The molecular weight excluding hydrogens is 248 g/mol. The average molecular weight is 261 g/mol. The summed E-state index contributed by atoms with van der Waals surface area (Å²) >= 11 is 10.7. The van der Waals surface area contributed by atoms with Crippen molar-refractivity contribution >= 4 is 34.5 Å². The molecule has 0 aromatic heterocycles. The highest BCUT2D eigenvalue weighted by molar-refractivity contribution is 7.80. The lowest BCUT2D eigenvalue weighted by Gasteiger charge is -2.13. The fraction of sp³-hybridized carbons (Fsp3) is 0.300. The van der Waals surface area contributed by atoms with Crippen LogP contribution in [0.2, 0.25) is 5.02 Å². The van der Waals surface area contributed by atoms with E-state index in [0.29, 0.717) is 28.1 Å². The van der Waals surface area contributed by atoms with Crippen LogP contribution >= 0.6 is 23.8 Å². The van der Waals surface area contributed by atoms with Gasteiger partial charge in [0.25, 0.3) is 0 Å². The van der Waals surface area contributed by atoms with Crippen molar-refractivity contribution in [2.75, 3.05) is 26.1 Å². The highest BCUT2D eigenvalue weighted by Crippen LogP contribution is 2.35. The number of methoxy groups -OCH3 is 2. The fourth-order valence-corrected chi connectivity index (χ4v) is 1.48. The number of hydrogen-bond donors (Lipinski definition) is 2. The standard InChI is InChI=1S/C10H13ClN2O2S/c1-14-8-4-7(13-5-10(12)16)9(15-2)3-6(8)11/h3-4,13H,5H2,1-2H3,(H2,12,16). The molecule has 6 heteroatoms. The van der Waals surface area contributed by atoms with Crippen LogP contribution in [-0.2, 0) is 0 Å². The van der Waals surface area contributed by atoms with Crippen molar-refractivity contribution in [2.24, 2.45) is 5.73 Å². The third-order valence-corrected chi connectivity index (χ3v) is 2.37. The van der Waals surface area contributed by atoms with Crippen LogP contribution in [0.25, 0.3) is 0 Å². The number of hydrogen-bond acceptors (Lipinski definition) is 4. The van der Waals surface area contributed by atoms with Crippen molar-refractivity contribution in [3.63, 3.8) is 0 Å². The Hall–Kier alpha value is -1.20. The second kappa shape index (κ2) is 5.77. The second-order valence-electron chi connectivity index (χ2n) is 3.01. The van der Waals surface area contributed by atoms with Gasteiger partial charge < -0.3 is 20.5 Å². The Labute approximate surface area is 105 Å². The maximum Gasteiger partial charge on any atom is 0.143 e. The molecule has 0 aliphatic rings. The first-order valence-corrected chi connectivity index (χ1v) is 5.30. The molecule has 0 aliphatic heterocycles. The summed E-state index contributed by atoms with van der Waals surface area (Å²) in [6.45, 7) is 0.385. The number of nitrogens with two attached hydrogens (primary N) is 1. The highest BCUT2D eigenvalue weighted by atomic mass is 35.5. The summed E-state index contributed by atoms with van der Waals surface area (Å²) in [5.41, 5.74) is 6.14. The number of anilines is 1. The molecule has 1 aromatic rings. The first-order valence-electron chi connectivity index (χ1n) is 4.52. The smallest absolute Gasteiger partial charge is 0.143 e. The van der Waals surface area contributed by atoms with E-state index in [-0.39, 0.29) is 0 Å². The van der Waals surface area contributed by atoms with Gasteiger partial charge >= 0.3 is 0 Å². The first kappa shape index (κ1) is 12.9. The Kier molecular flexibility index (Phi) is 4.64. The van der Waals surface area contributed by atoms with Gasteiger partial charge in [0.1, 0.15) is 11.5 Å². The van der Waals surface area contributed by atoms with Crippen molar-refractivity contribution in [1.82, 2.24) is 0 Å². The van der Waals surface area contributed by atoms with Gasteiger partial charge in [0.2, 0.25) is 0 Å². The molecule has 3 N–H and O–H groups in total. The zero-order chi connectivity index (χ0) is 12.1. The van der Waals surface area contributed by atoms with Crippen LogP contribution in [0.5, 0.6) is 11.5 Å². The molecule has 1 aromatic carbocycles. The molecule has 0 unspecified atom stereocenters. The quantitative estimate of drug-likeness (QED) is 0.794. The predicted octanol–water partition coefficient (Wildman–Crippen LogP) is 2.06. The summed E-state index contributed by atoms with van der Waals surface area (Å²) in [5.74, 6) is 1.18. The van der Waals surface area contributed by atoms with Gasteiger partial charge in [0.05, 0.1) is 36.5 Å². The Balaban J connectivity index is 2.99. The van der Waals surface area contributed by atoms with Crippen LogP contribution < -0.4 is 20.5 Å². The Morgan fingerprint density at radius 2 is 2.00 bits per heavy atom. The van der Waals surface area contributed by atoms with E-state index in [1.54, 1.807) is 26.4 Å². The van der Waals surface area contributed by atoms with E-state index < -0.39 is 0 Å². The van der Waals surface area contributed by atoms with E-state index in [0.717, 1.165) is 5.69 Å². The highest BCUT2D eigenvalue weighted by Gasteiger charge is 2.09. The van der Waals surface area contributed by atoms with Crippen LogP contribution in [0.3, 0.4) is 0 Å². The van der Waals surface area contributed by atoms with Gasteiger partial charge in [-0.25, -0.2) is 0 Å². The molecule has 4 nitrogen and oxygen atoms in total. The largest absolute Gasteiger partial charge is 0.495 e. The van der Waals surface area contributed by atoms with E-state index in [1.165, 1.54) is 0 Å². The number of halogens is 1. The minimum atomic E-state index is 0.371. The third-order valence-electron chi connectivity index (χ3n) is 1.93. The predicted molar refractivity (Wildman–Crippen MR) is 69.8 cm³/mol. The summed E-state index contributed by atoms with van der Waals surface area (Å²) in [6, 6.07) is 3.40. The van der Waals surface area contributed by atoms with Crippen molar-refractivity contribution < 1.29 is 9.47 Å². The SMILES string of the molecule is COc1cc(NCC(N)=S)c(OC)cc1Cl. The molecule has 0 radical (unpaired) electrons. The van der Waals surface area contributed by atoms with Crippen molar-refractivity contribution in [1.29, 1.82) is 0 Å².